The molecule has 2 fully saturated rings. The van der Waals surface area contributed by atoms with Gasteiger partial charge >= 0.3 is 6.18 Å². The summed E-state index contributed by atoms with van der Waals surface area (Å²) in [6.45, 7) is 1.22. The van der Waals surface area contributed by atoms with Crippen molar-refractivity contribution in [2.45, 2.75) is 37.1 Å². The number of hydrogen-bond acceptors (Lipinski definition) is 6. The molecule has 30 heavy (non-hydrogen) atoms. The van der Waals surface area contributed by atoms with E-state index in [0.717, 1.165) is 18.6 Å². The number of hydrogen-bond donors (Lipinski definition) is 2. The van der Waals surface area contributed by atoms with Crippen LogP contribution < -0.4 is 10.2 Å². The van der Waals surface area contributed by atoms with E-state index < -0.39 is 23.2 Å². The van der Waals surface area contributed by atoms with Crippen molar-refractivity contribution >= 4 is 11.6 Å². The molecule has 4 rings (SSSR count). The van der Waals surface area contributed by atoms with Crippen LogP contribution in [0.5, 0.6) is 0 Å². The molecule has 0 amide bonds. The van der Waals surface area contributed by atoms with Crippen LogP contribution in [0.2, 0.25) is 0 Å². The van der Waals surface area contributed by atoms with Gasteiger partial charge in [-0.3, -0.25) is 0 Å². The van der Waals surface area contributed by atoms with Gasteiger partial charge in [0.1, 0.15) is 11.9 Å². The maximum absolute atomic E-state index is 15.1. The lowest BCUT2D eigenvalue weighted by atomic mass is 10.0. The largest absolute Gasteiger partial charge is 0.416 e. The van der Waals surface area contributed by atoms with Crippen LogP contribution in [0.15, 0.2) is 30.6 Å². The zero-order valence-electron chi connectivity index (χ0n) is 16.1. The lowest BCUT2D eigenvalue weighted by Crippen LogP contribution is -2.37. The summed E-state index contributed by atoms with van der Waals surface area (Å²) in [6.07, 6.45) is -1.29. The van der Waals surface area contributed by atoms with Gasteiger partial charge in [-0.2, -0.15) is 17.6 Å². The van der Waals surface area contributed by atoms with Crippen LogP contribution in [0.25, 0.3) is 0 Å². The fraction of sp³-hybridized carbons (Fsp3) is 0.500. The highest BCUT2D eigenvalue weighted by atomic mass is 19.4. The Morgan fingerprint density at radius 3 is 2.67 bits per heavy atom. The van der Waals surface area contributed by atoms with Gasteiger partial charge in [0.2, 0.25) is 5.82 Å². The Bertz CT molecular complexity index is 885. The zero-order valence-corrected chi connectivity index (χ0v) is 16.1. The lowest BCUT2D eigenvalue weighted by molar-refractivity contribution is -0.137. The predicted molar refractivity (Wildman–Crippen MR) is 102 cm³/mol. The quantitative estimate of drug-likeness (QED) is 0.713. The summed E-state index contributed by atoms with van der Waals surface area (Å²) in [5, 5.41) is 13.2. The molecule has 10 heteroatoms. The van der Waals surface area contributed by atoms with Gasteiger partial charge in [0, 0.05) is 26.1 Å². The maximum atomic E-state index is 15.1. The number of benzene rings is 1. The number of aliphatic hydroxyl groups is 1. The van der Waals surface area contributed by atoms with Gasteiger partial charge in [-0.15, -0.1) is 0 Å². The molecule has 0 radical (unpaired) electrons. The van der Waals surface area contributed by atoms with Crippen molar-refractivity contribution in [1.29, 1.82) is 0 Å². The summed E-state index contributed by atoms with van der Waals surface area (Å²) >= 11 is 0. The van der Waals surface area contributed by atoms with Crippen molar-refractivity contribution in [3.05, 3.63) is 47.5 Å². The molecule has 1 aromatic carbocycles. The molecule has 6 nitrogen and oxygen atoms in total. The average molecular weight is 426 g/mol. The fourth-order valence-corrected chi connectivity index (χ4v) is 3.93. The first-order chi connectivity index (χ1) is 14.3. The standard InChI is InChI=1S/C20H22F4N4O2/c21-16-17(25-10-19(29)7-9-30-11-19)26-12-27-18(16)28-8-1-2-15(28)13-3-5-14(6-4-13)20(22,23)24/h3-6,12,15,29H,1-2,7-11H2,(H,25,26,27)/t15-,19?/m1/s1. The number of anilines is 2. The molecule has 162 valence electrons. The summed E-state index contributed by atoms with van der Waals surface area (Å²) in [5.74, 6) is -0.596. The van der Waals surface area contributed by atoms with E-state index in [1.165, 1.54) is 18.5 Å². The summed E-state index contributed by atoms with van der Waals surface area (Å²) in [6, 6.07) is 4.66. The SMILES string of the molecule is OC1(CNc2ncnc(N3CCC[C@@H]3c3ccc(C(F)(F)F)cc3)c2F)CCOC1. The van der Waals surface area contributed by atoms with E-state index in [1.807, 2.05) is 0 Å². The third-order valence-electron chi connectivity index (χ3n) is 5.59. The average Bonchev–Trinajstić information content (AvgIpc) is 3.36. The van der Waals surface area contributed by atoms with Gasteiger partial charge in [0.15, 0.2) is 11.6 Å². The summed E-state index contributed by atoms with van der Waals surface area (Å²) in [5.41, 5.74) is -1.12. The second-order valence-corrected chi connectivity index (χ2v) is 7.71. The predicted octanol–water partition coefficient (Wildman–Crippen LogP) is 3.54. The monoisotopic (exact) mass is 426 g/mol. The molecule has 2 aliphatic rings. The highest BCUT2D eigenvalue weighted by Gasteiger charge is 2.34. The van der Waals surface area contributed by atoms with Crippen molar-refractivity contribution < 1.29 is 27.4 Å². The van der Waals surface area contributed by atoms with E-state index in [0.29, 0.717) is 31.6 Å². The van der Waals surface area contributed by atoms with E-state index >= 15 is 4.39 Å². The Morgan fingerprint density at radius 1 is 1.23 bits per heavy atom. The minimum Gasteiger partial charge on any atom is -0.386 e. The Labute approximate surface area is 170 Å². The van der Waals surface area contributed by atoms with Gasteiger partial charge in [-0.1, -0.05) is 12.1 Å². The van der Waals surface area contributed by atoms with Crippen molar-refractivity contribution in [2.24, 2.45) is 0 Å². The maximum Gasteiger partial charge on any atom is 0.416 e. The van der Waals surface area contributed by atoms with Crippen molar-refractivity contribution in [3.63, 3.8) is 0 Å². The molecule has 2 N–H and O–H groups in total. The van der Waals surface area contributed by atoms with E-state index in [2.05, 4.69) is 15.3 Å². The summed E-state index contributed by atoms with van der Waals surface area (Å²) in [4.78, 5) is 9.77. The fourth-order valence-electron chi connectivity index (χ4n) is 3.93. The van der Waals surface area contributed by atoms with Crippen LogP contribution in [0.3, 0.4) is 0 Å². The molecular weight excluding hydrogens is 404 g/mol. The second kappa shape index (κ2) is 7.99. The molecular formula is C20H22F4N4O2. The number of aromatic nitrogens is 2. The normalized spacial score (nSPS) is 24.4. The first-order valence-electron chi connectivity index (χ1n) is 9.75. The van der Waals surface area contributed by atoms with Crippen LogP contribution in [0, 0.1) is 5.82 Å². The number of nitrogens with zero attached hydrogens (tertiary/aromatic N) is 3. The highest BCUT2D eigenvalue weighted by molar-refractivity contribution is 5.53. The molecule has 1 aromatic heterocycles. The molecule has 0 saturated carbocycles. The molecule has 2 aliphatic heterocycles. The van der Waals surface area contributed by atoms with Crippen molar-refractivity contribution in [2.75, 3.05) is 36.5 Å². The Balaban J connectivity index is 1.54. The lowest BCUT2D eigenvalue weighted by Gasteiger charge is -2.27. The van der Waals surface area contributed by atoms with Gasteiger partial charge in [0.25, 0.3) is 0 Å². The van der Waals surface area contributed by atoms with Gasteiger partial charge in [-0.25, -0.2) is 9.97 Å². The molecule has 0 aliphatic carbocycles. The smallest absolute Gasteiger partial charge is 0.386 e. The second-order valence-electron chi connectivity index (χ2n) is 7.71. The number of alkyl halides is 3. The van der Waals surface area contributed by atoms with Crippen LogP contribution in [0.4, 0.5) is 29.2 Å². The van der Waals surface area contributed by atoms with E-state index in [9.17, 15) is 18.3 Å². The van der Waals surface area contributed by atoms with Gasteiger partial charge in [-0.05, 0) is 30.5 Å². The number of halogens is 4. The molecule has 0 bridgehead atoms. The number of rotatable bonds is 5. The molecule has 2 saturated heterocycles. The highest BCUT2D eigenvalue weighted by Crippen LogP contribution is 2.38. The summed E-state index contributed by atoms with van der Waals surface area (Å²) in [7, 11) is 0. The van der Waals surface area contributed by atoms with Crippen LogP contribution >= 0.6 is 0 Å². The molecule has 3 heterocycles. The zero-order chi connectivity index (χ0) is 21.4. The Morgan fingerprint density at radius 2 is 2.00 bits per heavy atom. The summed E-state index contributed by atoms with van der Waals surface area (Å²) < 4.78 is 58.8. The Kier molecular flexibility index (Phi) is 5.54. The molecule has 1 unspecified atom stereocenters. The third-order valence-corrected chi connectivity index (χ3v) is 5.59. The Hall–Kier alpha value is -2.46. The van der Waals surface area contributed by atoms with E-state index in [1.54, 1.807) is 4.90 Å². The first-order valence-corrected chi connectivity index (χ1v) is 9.75. The van der Waals surface area contributed by atoms with Crippen molar-refractivity contribution in [3.8, 4) is 0 Å². The van der Waals surface area contributed by atoms with Gasteiger partial charge in [0.05, 0.1) is 18.2 Å². The van der Waals surface area contributed by atoms with Gasteiger partial charge < -0.3 is 20.1 Å². The molecule has 0 spiro atoms. The van der Waals surface area contributed by atoms with E-state index in [-0.39, 0.29) is 30.8 Å². The molecule has 2 aromatic rings. The van der Waals surface area contributed by atoms with Crippen LogP contribution in [-0.4, -0.2) is 47.0 Å². The van der Waals surface area contributed by atoms with Crippen molar-refractivity contribution in [1.82, 2.24) is 9.97 Å². The topological polar surface area (TPSA) is 70.5 Å². The first kappa shape index (κ1) is 20.8. The minimum absolute atomic E-state index is 0.0293. The third kappa shape index (κ3) is 4.20. The van der Waals surface area contributed by atoms with Crippen LogP contribution in [-0.2, 0) is 10.9 Å². The number of nitrogens with one attached hydrogen (secondary N) is 1. The number of ether oxygens (including phenoxy) is 1. The van der Waals surface area contributed by atoms with Crippen LogP contribution in [0.1, 0.15) is 36.4 Å². The van der Waals surface area contributed by atoms with E-state index in [4.69, 9.17) is 4.74 Å². The molecule has 2 atom stereocenters. The minimum atomic E-state index is -4.40.